The smallest absolute Gasteiger partial charge is 0.311 e. The number of nitrogens with zero attached hydrogens (tertiary/aromatic N) is 2. The van der Waals surface area contributed by atoms with Crippen molar-refractivity contribution in [3.8, 4) is 0 Å². The number of hydrogen-bond acceptors (Lipinski definition) is 15. The van der Waals surface area contributed by atoms with Crippen molar-refractivity contribution in [2.45, 2.75) is 180 Å². The summed E-state index contributed by atoms with van der Waals surface area (Å²) in [6.07, 6.45) is -4.85. The van der Waals surface area contributed by atoms with Crippen molar-refractivity contribution in [3.63, 3.8) is 0 Å². The van der Waals surface area contributed by atoms with Gasteiger partial charge in [0.05, 0.1) is 59.3 Å². The van der Waals surface area contributed by atoms with E-state index in [4.69, 9.17) is 33.2 Å². The molecule has 352 valence electrons. The Kier molecular flexibility index (Phi) is 16.8. The van der Waals surface area contributed by atoms with Crippen LogP contribution in [0.3, 0.4) is 0 Å². The standard InChI is InChI=1S/C46H76N4O12/c1-14-33-46(10)39(52)27(4)37(62-46)25(2)22-44(8,55)40(61-43-36(51)32(50(11)12)21-26(3)57-43)28(5)38(29(6)42(54)59-33)60-34-23-45(9,56-13)35(30(7)58-34)41(53)49-20-19-47-24-31-17-15-16-18-48-31/h15-18,25-30,32-38,40,43,47,51,55H,14,19-24H2,1-13H3,(H,49,53)/t25-,26-,27-,28+,29-,30+,32+,33+,34+,35?,36-,37-,38+,40-,43?,44-,45-,46?/m1/s1. The Morgan fingerprint density at radius 2 is 1.71 bits per heavy atom. The number of aliphatic hydroxyl groups is 2. The molecule has 0 spiro atoms. The van der Waals surface area contributed by atoms with Gasteiger partial charge in [0, 0.05) is 57.2 Å². The SMILES string of the molecule is CC[C@@H]1OC(=O)[C@H](C)[C@@H](O[C@H]2C[C@@](C)(OC)C(C(=O)NCCNCc3ccccn3)[C@H](C)O2)[C@H](C)[C@@H](OC2O[C@H](C)C[C@H](N(C)C)[C@H]2O)[C@](C)(O)C[C@@H](C)[C@H]2OC1(C)C(=O)[C@@H]2C. The number of methoxy groups -OCH3 is 1. The minimum atomic E-state index is -1.64. The number of ketones is 1. The number of esters is 1. The van der Waals surface area contributed by atoms with Crippen LogP contribution in [0.25, 0.3) is 0 Å². The molecule has 4 saturated heterocycles. The van der Waals surface area contributed by atoms with Crippen molar-refractivity contribution in [2.75, 3.05) is 34.3 Å². The number of carbonyl (C=O) groups is 3. The topological polar surface area (TPSA) is 196 Å². The number of pyridine rings is 1. The molecule has 0 aliphatic carbocycles. The molecule has 0 radical (unpaired) electrons. The van der Waals surface area contributed by atoms with Crippen LogP contribution in [0.5, 0.6) is 0 Å². The lowest BCUT2D eigenvalue weighted by atomic mass is 9.75. The summed E-state index contributed by atoms with van der Waals surface area (Å²) in [4.78, 5) is 48.5. The van der Waals surface area contributed by atoms with Gasteiger partial charge in [-0.2, -0.15) is 0 Å². The highest BCUT2D eigenvalue weighted by molar-refractivity contribution is 5.92. The second-order valence-corrected chi connectivity index (χ2v) is 19.4. The zero-order valence-corrected chi connectivity index (χ0v) is 39.3. The average Bonchev–Trinajstić information content (AvgIpc) is 3.45. The van der Waals surface area contributed by atoms with Gasteiger partial charge in [0.15, 0.2) is 24.0 Å². The molecule has 18 atom stereocenters. The zero-order chi connectivity index (χ0) is 45.9. The number of amides is 1. The van der Waals surface area contributed by atoms with Crippen molar-refractivity contribution in [3.05, 3.63) is 30.1 Å². The Hall–Kier alpha value is -2.64. The molecule has 5 heterocycles. The maximum atomic E-state index is 14.5. The molecule has 2 bridgehead atoms. The summed E-state index contributed by atoms with van der Waals surface area (Å²) in [6, 6.07) is 5.42. The minimum absolute atomic E-state index is 0.123. The molecule has 3 unspecified atom stereocenters. The van der Waals surface area contributed by atoms with Gasteiger partial charge in [0.25, 0.3) is 0 Å². The number of likely N-dealkylation sites (N-methyl/N-ethyl adjacent to an activating group) is 1. The number of Topliss-reactive ketones (excluding diaryl/α,β-unsaturated/α-hetero) is 1. The molecule has 0 aromatic carbocycles. The van der Waals surface area contributed by atoms with Crippen molar-refractivity contribution in [2.24, 2.45) is 29.6 Å². The van der Waals surface area contributed by atoms with E-state index in [9.17, 15) is 24.6 Å². The van der Waals surface area contributed by atoms with Crippen LogP contribution in [0.1, 0.15) is 101 Å². The summed E-state index contributed by atoms with van der Waals surface area (Å²) in [5.74, 6) is -4.38. The maximum Gasteiger partial charge on any atom is 0.311 e. The van der Waals surface area contributed by atoms with Gasteiger partial charge in [-0.15, -0.1) is 0 Å². The van der Waals surface area contributed by atoms with Gasteiger partial charge in [-0.25, -0.2) is 0 Å². The fourth-order valence-corrected chi connectivity index (χ4v) is 10.6. The quantitative estimate of drug-likeness (QED) is 0.166. The fourth-order valence-electron chi connectivity index (χ4n) is 10.6. The molecule has 1 aromatic heterocycles. The number of rotatable bonds is 13. The van der Waals surface area contributed by atoms with E-state index in [-0.39, 0.29) is 42.6 Å². The first-order chi connectivity index (χ1) is 29.1. The Balaban J connectivity index is 1.45. The van der Waals surface area contributed by atoms with E-state index in [0.29, 0.717) is 32.5 Å². The lowest BCUT2D eigenvalue weighted by molar-refractivity contribution is -0.313. The average molecular weight is 877 g/mol. The van der Waals surface area contributed by atoms with Crippen molar-refractivity contribution in [1.82, 2.24) is 20.5 Å². The lowest BCUT2D eigenvalue weighted by Crippen LogP contribution is -2.61. The monoisotopic (exact) mass is 877 g/mol. The largest absolute Gasteiger partial charge is 0.459 e. The summed E-state index contributed by atoms with van der Waals surface area (Å²) in [7, 11) is 5.32. The van der Waals surface area contributed by atoms with Crippen molar-refractivity contribution >= 4 is 17.7 Å². The van der Waals surface area contributed by atoms with Gasteiger partial charge in [0.2, 0.25) is 5.91 Å². The molecule has 4 aliphatic rings. The van der Waals surface area contributed by atoms with Gasteiger partial charge in [-0.3, -0.25) is 19.4 Å². The third-order valence-corrected chi connectivity index (χ3v) is 14.1. The summed E-state index contributed by atoms with van der Waals surface area (Å²) in [5, 5.41) is 30.7. The van der Waals surface area contributed by atoms with E-state index in [2.05, 4.69) is 15.6 Å². The first kappa shape index (κ1) is 50.4. The first-order valence-corrected chi connectivity index (χ1v) is 22.6. The maximum absolute atomic E-state index is 14.5. The number of ether oxygens (including phenoxy) is 7. The molecule has 5 rings (SSSR count). The van der Waals surface area contributed by atoms with Crippen LogP contribution in [0, 0.1) is 29.6 Å². The summed E-state index contributed by atoms with van der Waals surface area (Å²) < 4.78 is 45.4. The van der Waals surface area contributed by atoms with E-state index in [1.165, 1.54) is 0 Å². The van der Waals surface area contributed by atoms with Gasteiger partial charge in [0.1, 0.15) is 12.2 Å². The Morgan fingerprint density at radius 1 is 1.00 bits per heavy atom. The third-order valence-electron chi connectivity index (χ3n) is 14.1. The van der Waals surface area contributed by atoms with E-state index >= 15 is 0 Å². The number of fused-ring (bicyclic) bond motifs is 2. The van der Waals surface area contributed by atoms with Crippen LogP contribution in [0.2, 0.25) is 0 Å². The highest BCUT2D eigenvalue weighted by atomic mass is 16.7. The molecular formula is C46H76N4O12. The fraction of sp³-hybridized carbons (Fsp3) is 0.826. The number of cyclic esters (lactones) is 1. The van der Waals surface area contributed by atoms with Crippen LogP contribution >= 0.6 is 0 Å². The number of hydrogen-bond donors (Lipinski definition) is 4. The lowest BCUT2D eigenvalue weighted by Gasteiger charge is -2.49. The Bertz CT molecular complexity index is 1650. The van der Waals surface area contributed by atoms with Gasteiger partial charge in [-0.1, -0.05) is 33.8 Å². The van der Waals surface area contributed by atoms with E-state index in [1.807, 2.05) is 78.7 Å². The highest BCUT2D eigenvalue weighted by Gasteiger charge is 2.59. The second-order valence-electron chi connectivity index (χ2n) is 19.4. The molecule has 4 fully saturated rings. The molecule has 16 nitrogen and oxygen atoms in total. The first-order valence-electron chi connectivity index (χ1n) is 22.6. The molecule has 1 aromatic rings. The number of aromatic nitrogens is 1. The number of carbonyl (C=O) groups excluding carboxylic acids is 3. The summed E-state index contributed by atoms with van der Waals surface area (Å²) in [5.41, 5.74) is -3.20. The molecular weight excluding hydrogens is 801 g/mol. The van der Waals surface area contributed by atoms with Crippen LogP contribution in [0.4, 0.5) is 0 Å². The summed E-state index contributed by atoms with van der Waals surface area (Å²) >= 11 is 0. The van der Waals surface area contributed by atoms with Gasteiger partial charge in [-0.05, 0) is 93.0 Å². The Morgan fingerprint density at radius 3 is 2.34 bits per heavy atom. The van der Waals surface area contributed by atoms with Gasteiger partial charge >= 0.3 is 5.97 Å². The molecule has 16 heteroatoms. The van der Waals surface area contributed by atoms with Crippen LogP contribution in [-0.4, -0.2) is 150 Å². The number of aliphatic hydroxyl groups excluding tert-OH is 1. The molecule has 0 saturated carbocycles. The van der Waals surface area contributed by atoms with Crippen molar-refractivity contribution < 1.29 is 57.8 Å². The highest BCUT2D eigenvalue weighted by Crippen LogP contribution is 2.45. The molecule has 4 N–H and O–H groups in total. The normalized spacial score (nSPS) is 43.3. The summed E-state index contributed by atoms with van der Waals surface area (Å²) in [6.45, 7) is 19.5. The minimum Gasteiger partial charge on any atom is -0.459 e. The Labute approximate surface area is 368 Å². The second kappa shape index (κ2) is 20.7. The molecule has 62 heavy (non-hydrogen) atoms. The van der Waals surface area contributed by atoms with Crippen molar-refractivity contribution in [1.29, 1.82) is 0 Å². The van der Waals surface area contributed by atoms with E-state index in [0.717, 1.165) is 5.69 Å². The predicted molar refractivity (Wildman–Crippen MR) is 229 cm³/mol. The molecule has 1 amide bonds. The number of nitrogens with one attached hydrogen (secondary N) is 2. The predicted octanol–water partition coefficient (Wildman–Crippen LogP) is 3.39. The van der Waals surface area contributed by atoms with Crippen LogP contribution < -0.4 is 10.6 Å². The van der Waals surface area contributed by atoms with Crippen LogP contribution in [0.15, 0.2) is 24.4 Å². The van der Waals surface area contributed by atoms with E-state index < -0.39 is 95.6 Å². The van der Waals surface area contributed by atoms with Crippen LogP contribution in [-0.2, 0) is 54.1 Å². The zero-order valence-electron chi connectivity index (χ0n) is 39.3. The third kappa shape index (κ3) is 10.9. The molecule has 4 aliphatic heterocycles. The van der Waals surface area contributed by atoms with Gasteiger partial charge < -0.3 is 58.9 Å². The van der Waals surface area contributed by atoms with E-state index in [1.54, 1.807) is 41.0 Å².